The molecule has 1 unspecified atom stereocenters. The van der Waals surface area contributed by atoms with E-state index in [9.17, 15) is 5.11 Å². The van der Waals surface area contributed by atoms with Crippen molar-refractivity contribution in [1.82, 2.24) is 0 Å². The molecule has 0 saturated carbocycles. The highest BCUT2D eigenvalue weighted by Gasteiger charge is 2.13. The van der Waals surface area contributed by atoms with Gasteiger partial charge in [-0.3, -0.25) is 0 Å². The Morgan fingerprint density at radius 3 is 2.82 bits per heavy atom. The third kappa shape index (κ3) is 1.08. The molecular weight excluding hydrogens is 136 g/mol. The summed E-state index contributed by atoms with van der Waals surface area (Å²) in [6.45, 7) is 0. The summed E-state index contributed by atoms with van der Waals surface area (Å²) >= 11 is 0. The van der Waals surface area contributed by atoms with Crippen LogP contribution >= 0.6 is 0 Å². The van der Waals surface area contributed by atoms with Crippen molar-refractivity contribution < 1.29 is 5.11 Å². The first kappa shape index (κ1) is 6.62. The highest BCUT2D eigenvalue weighted by atomic mass is 16.3. The van der Waals surface area contributed by atoms with Crippen LogP contribution in [0.3, 0.4) is 0 Å². The minimum atomic E-state index is -0.670. The van der Waals surface area contributed by atoms with Crippen LogP contribution in [-0.4, -0.2) is 0 Å². The van der Waals surface area contributed by atoms with Gasteiger partial charge in [-0.1, -0.05) is 36.4 Å². The Labute approximate surface area is 66.0 Å². The van der Waals surface area contributed by atoms with Crippen molar-refractivity contribution in [3.63, 3.8) is 0 Å². The maximum atomic E-state index is 11.3. The molecule has 0 N–H and O–H groups in total. The van der Waals surface area contributed by atoms with Crippen LogP contribution in [-0.2, 0) is 5.11 Å². The molecule has 0 saturated heterocycles. The molecule has 11 heavy (non-hydrogen) atoms. The molecule has 0 amide bonds. The summed E-state index contributed by atoms with van der Waals surface area (Å²) < 4.78 is 0. The second-order valence-electron chi connectivity index (χ2n) is 2.60. The van der Waals surface area contributed by atoms with Crippen molar-refractivity contribution in [3.8, 4) is 0 Å². The van der Waals surface area contributed by atoms with Crippen LogP contribution in [0.25, 0.3) is 6.08 Å². The zero-order valence-electron chi connectivity index (χ0n) is 6.03. The molecule has 0 bridgehead atoms. The molecule has 1 atom stereocenters. The van der Waals surface area contributed by atoms with Gasteiger partial charge in [0.1, 0.15) is 6.10 Å². The highest BCUT2D eigenvalue weighted by molar-refractivity contribution is 5.59. The third-order valence-corrected chi connectivity index (χ3v) is 1.86. The van der Waals surface area contributed by atoms with E-state index in [4.69, 9.17) is 0 Å². The lowest BCUT2D eigenvalue weighted by Gasteiger charge is -2.13. The van der Waals surface area contributed by atoms with Crippen molar-refractivity contribution in [2.24, 2.45) is 0 Å². The van der Waals surface area contributed by atoms with Crippen LogP contribution in [0.4, 0.5) is 0 Å². The molecule has 1 nitrogen and oxygen atoms in total. The van der Waals surface area contributed by atoms with E-state index in [0.717, 1.165) is 11.1 Å². The minimum absolute atomic E-state index is 0.670. The molecule has 2 rings (SSSR count). The Morgan fingerprint density at radius 1 is 1.18 bits per heavy atom. The predicted molar refractivity (Wildman–Crippen MR) is 43.2 cm³/mol. The molecule has 1 aliphatic carbocycles. The first-order valence-electron chi connectivity index (χ1n) is 3.64. The van der Waals surface area contributed by atoms with Crippen LogP contribution in [0.2, 0.25) is 0 Å². The van der Waals surface area contributed by atoms with Crippen LogP contribution in [0, 0.1) is 6.42 Å². The molecule has 0 heterocycles. The Bertz CT molecular complexity index is 289. The van der Waals surface area contributed by atoms with Crippen molar-refractivity contribution in [2.75, 3.05) is 0 Å². The van der Waals surface area contributed by atoms with E-state index in [0.29, 0.717) is 0 Å². The third-order valence-electron chi connectivity index (χ3n) is 1.86. The van der Waals surface area contributed by atoms with Crippen LogP contribution in [0.15, 0.2) is 30.3 Å². The molecule has 0 spiro atoms. The second-order valence-corrected chi connectivity index (χ2v) is 2.60. The number of hydrogen-bond acceptors (Lipinski definition) is 0. The van der Waals surface area contributed by atoms with Gasteiger partial charge in [0.15, 0.2) is 0 Å². The number of hydrogen-bond donors (Lipinski definition) is 0. The van der Waals surface area contributed by atoms with E-state index in [1.165, 1.54) is 0 Å². The molecule has 0 aliphatic heterocycles. The van der Waals surface area contributed by atoms with Gasteiger partial charge in [-0.25, -0.2) is 5.11 Å². The number of rotatable bonds is 0. The van der Waals surface area contributed by atoms with Gasteiger partial charge < -0.3 is 0 Å². The Kier molecular flexibility index (Phi) is 1.51. The average molecular weight is 144 g/mol. The quantitative estimate of drug-likeness (QED) is 0.532. The summed E-state index contributed by atoms with van der Waals surface area (Å²) in [5, 5.41) is 11.3. The summed E-state index contributed by atoms with van der Waals surface area (Å²) in [5.41, 5.74) is 1.94. The molecule has 1 aliphatic rings. The van der Waals surface area contributed by atoms with Gasteiger partial charge in [0.2, 0.25) is 0 Å². The van der Waals surface area contributed by atoms with Crippen molar-refractivity contribution >= 4 is 6.08 Å². The van der Waals surface area contributed by atoms with E-state index in [-0.39, 0.29) is 0 Å². The van der Waals surface area contributed by atoms with Crippen molar-refractivity contribution in [2.45, 2.75) is 6.10 Å². The molecule has 0 aromatic heterocycles. The standard InChI is InChI=1S/C10H8O/c11-10-7-3-5-8-4-1-2-6-9(8)10/h1-7,10H. The number of fused-ring (bicyclic) bond motifs is 1. The average Bonchev–Trinajstić information content (AvgIpc) is 2.06. The van der Waals surface area contributed by atoms with Gasteiger partial charge in [0, 0.05) is 6.42 Å². The summed E-state index contributed by atoms with van der Waals surface area (Å²) in [7, 11) is 0. The lowest BCUT2D eigenvalue weighted by atomic mass is 9.95. The summed E-state index contributed by atoms with van der Waals surface area (Å²) in [6, 6.07) is 7.69. The molecule has 0 fully saturated rings. The van der Waals surface area contributed by atoms with Crippen LogP contribution in [0.1, 0.15) is 17.2 Å². The zero-order chi connectivity index (χ0) is 7.68. The second kappa shape index (κ2) is 2.51. The smallest absolute Gasteiger partial charge is 0.125 e. The Balaban J connectivity index is 2.54. The predicted octanol–water partition coefficient (Wildman–Crippen LogP) is 2.39. The van der Waals surface area contributed by atoms with E-state index >= 15 is 0 Å². The van der Waals surface area contributed by atoms with Crippen molar-refractivity contribution in [1.29, 1.82) is 0 Å². The number of benzene rings is 1. The van der Waals surface area contributed by atoms with Gasteiger partial charge in [0.05, 0.1) is 0 Å². The lowest BCUT2D eigenvalue weighted by Crippen LogP contribution is -2.00. The maximum absolute atomic E-state index is 11.3. The molecule has 1 heteroatoms. The van der Waals surface area contributed by atoms with Crippen LogP contribution < -0.4 is 0 Å². The van der Waals surface area contributed by atoms with E-state index < -0.39 is 6.10 Å². The van der Waals surface area contributed by atoms with E-state index in [1.54, 1.807) is 6.42 Å². The molecule has 1 aromatic carbocycles. The van der Waals surface area contributed by atoms with Crippen LogP contribution in [0.5, 0.6) is 0 Å². The fourth-order valence-corrected chi connectivity index (χ4v) is 1.29. The first-order valence-corrected chi connectivity index (χ1v) is 3.64. The van der Waals surface area contributed by atoms with Crippen molar-refractivity contribution in [3.05, 3.63) is 47.9 Å². The molecular formula is C10H8O. The van der Waals surface area contributed by atoms with E-state index in [1.807, 2.05) is 36.4 Å². The summed E-state index contributed by atoms with van der Waals surface area (Å²) in [4.78, 5) is 0. The van der Waals surface area contributed by atoms with Gasteiger partial charge in [-0.15, -0.1) is 0 Å². The fourth-order valence-electron chi connectivity index (χ4n) is 1.29. The first-order chi connectivity index (χ1) is 5.38. The van der Waals surface area contributed by atoms with Gasteiger partial charge in [-0.2, -0.15) is 0 Å². The molecule has 2 radical (unpaired) electrons. The fraction of sp³-hybridized carbons (Fsp3) is 0.100. The van der Waals surface area contributed by atoms with Gasteiger partial charge >= 0.3 is 0 Å². The maximum Gasteiger partial charge on any atom is 0.125 e. The summed E-state index contributed by atoms with van der Waals surface area (Å²) in [5.74, 6) is 0. The molecule has 1 aromatic rings. The minimum Gasteiger partial charge on any atom is -0.227 e. The normalized spacial score (nSPS) is 21.4. The topological polar surface area (TPSA) is 19.9 Å². The monoisotopic (exact) mass is 144 g/mol. The van der Waals surface area contributed by atoms with E-state index in [2.05, 4.69) is 0 Å². The lowest BCUT2D eigenvalue weighted by molar-refractivity contribution is 0.120. The zero-order valence-corrected chi connectivity index (χ0v) is 6.03. The largest absolute Gasteiger partial charge is 0.227 e. The highest BCUT2D eigenvalue weighted by Crippen LogP contribution is 2.26. The Hall–Kier alpha value is -1.08. The molecule has 54 valence electrons. The Morgan fingerprint density at radius 2 is 2.00 bits per heavy atom. The summed E-state index contributed by atoms with van der Waals surface area (Å²) in [6.07, 6.45) is 4.78. The SMILES string of the molecule is [O]C1[CH]C=Cc2ccccc21. The van der Waals surface area contributed by atoms with Gasteiger partial charge in [-0.05, 0) is 11.1 Å². The van der Waals surface area contributed by atoms with Gasteiger partial charge in [0.25, 0.3) is 0 Å².